The van der Waals surface area contributed by atoms with Crippen LogP contribution in [0.2, 0.25) is 18.1 Å². The maximum absolute atomic E-state index is 12.5. The summed E-state index contributed by atoms with van der Waals surface area (Å²) < 4.78 is 24.0. The molecule has 132 valence electrons. The van der Waals surface area contributed by atoms with E-state index in [1.165, 1.54) is 0 Å². The summed E-state index contributed by atoms with van der Waals surface area (Å²) in [5, 5.41) is 0.109. The van der Waals surface area contributed by atoms with Crippen molar-refractivity contribution in [1.29, 1.82) is 0 Å². The molecule has 3 saturated heterocycles. The highest BCUT2D eigenvalue weighted by Crippen LogP contribution is 2.51. The van der Waals surface area contributed by atoms with Crippen LogP contribution in [0.15, 0.2) is 0 Å². The number of fused-ring (bicyclic) bond motifs is 1. The van der Waals surface area contributed by atoms with E-state index in [2.05, 4.69) is 33.9 Å². The summed E-state index contributed by atoms with van der Waals surface area (Å²) in [4.78, 5) is 12.5. The van der Waals surface area contributed by atoms with E-state index in [4.69, 9.17) is 18.6 Å². The third-order valence-corrected chi connectivity index (χ3v) is 10.6. The van der Waals surface area contributed by atoms with Crippen molar-refractivity contribution in [2.24, 2.45) is 5.41 Å². The van der Waals surface area contributed by atoms with Crippen LogP contribution in [0.5, 0.6) is 0 Å². The summed E-state index contributed by atoms with van der Waals surface area (Å²) in [6.07, 6.45) is 2.08. The summed E-state index contributed by atoms with van der Waals surface area (Å²) in [6, 6.07) is 0. The van der Waals surface area contributed by atoms with Crippen molar-refractivity contribution < 1.29 is 23.4 Å². The molecular formula is C17H30O5Si. The zero-order valence-corrected chi connectivity index (χ0v) is 16.2. The minimum Gasteiger partial charge on any atom is -0.459 e. The van der Waals surface area contributed by atoms with Crippen molar-refractivity contribution in [2.75, 3.05) is 13.2 Å². The Morgan fingerprint density at radius 3 is 2.61 bits per heavy atom. The SMILES string of the molecule is CC(C)(C)[Si](C)(C)OC[C@]1(C)C(=O)O[C@H]2C[C@@]3(CCCO3)O[C@H]21. The number of ether oxygens (including phenoxy) is 3. The molecule has 3 aliphatic rings. The van der Waals surface area contributed by atoms with Gasteiger partial charge in [0, 0.05) is 12.8 Å². The van der Waals surface area contributed by atoms with Crippen LogP contribution >= 0.6 is 0 Å². The fourth-order valence-corrected chi connectivity index (χ4v) is 4.51. The van der Waals surface area contributed by atoms with Crippen LogP contribution in [0.4, 0.5) is 0 Å². The molecule has 0 N–H and O–H groups in total. The monoisotopic (exact) mass is 342 g/mol. The molecule has 0 aromatic rings. The highest BCUT2D eigenvalue weighted by molar-refractivity contribution is 6.74. The molecule has 0 aromatic heterocycles. The predicted octanol–water partition coefficient (Wildman–Crippen LogP) is 3.24. The summed E-state index contributed by atoms with van der Waals surface area (Å²) >= 11 is 0. The number of hydrogen-bond donors (Lipinski definition) is 0. The van der Waals surface area contributed by atoms with Gasteiger partial charge in [0.1, 0.15) is 17.6 Å². The first-order valence-corrected chi connectivity index (χ1v) is 11.6. The molecule has 3 fully saturated rings. The highest BCUT2D eigenvalue weighted by Gasteiger charge is 2.64. The zero-order chi connectivity index (χ0) is 17.1. The maximum Gasteiger partial charge on any atom is 0.317 e. The minimum atomic E-state index is -1.93. The van der Waals surface area contributed by atoms with Gasteiger partial charge in [-0.2, -0.15) is 0 Å². The van der Waals surface area contributed by atoms with Gasteiger partial charge in [0.2, 0.25) is 0 Å². The molecule has 1 spiro atoms. The third kappa shape index (κ3) is 2.77. The Bertz CT molecular complexity index is 492. The molecule has 0 bridgehead atoms. The van der Waals surface area contributed by atoms with Gasteiger partial charge in [0.25, 0.3) is 0 Å². The number of carbonyl (C=O) groups is 1. The molecule has 6 heteroatoms. The van der Waals surface area contributed by atoms with Crippen LogP contribution in [0.25, 0.3) is 0 Å². The van der Waals surface area contributed by atoms with Crippen molar-refractivity contribution in [3.63, 3.8) is 0 Å². The van der Waals surface area contributed by atoms with Gasteiger partial charge < -0.3 is 18.6 Å². The second kappa shape index (κ2) is 5.28. The van der Waals surface area contributed by atoms with Gasteiger partial charge >= 0.3 is 5.97 Å². The molecule has 0 aromatic carbocycles. The van der Waals surface area contributed by atoms with Crippen LogP contribution in [-0.4, -0.2) is 45.5 Å². The minimum absolute atomic E-state index is 0.109. The summed E-state index contributed by atoms with van der Waals surface area (Å²) in [5.74, 6) is -0.729. The lowest BCUT2D eigenvalue weighted by Crippen LogP contribution is -2.48. The highest BCUT2D eigenvalue weighted by atomic mass is 28.4. The van der Waals surface area contributed by atoms with Gasteiger partial charge in [-0.3, -0.25) is 4.79 Å². The first-order valence-electron chi connectivity index (χ1n) is 8.66. The molecular weight excluding hydrogens is 312 g/mol. The molecule has 3 heterocycles. The Labute approximate surface area is 140 Å². The average molecular weight is 343 g/mol. The van der Waals surface area contributed by atoms with Gasteiger partial charge in [-0.25, -0.2) is 0 Å². The Balaban J connectivity index is 1.74. The standard InChI is InChI=1S/C17H30O5Si/c1-15(2,3)23(5,6)20-11-16(4)13-12(21-14(16)18)10-17(22-13)8-7-9-19-17/h12-13H,7-11H2,1-6H3/t12-,13+,16-,17+/m0/s1. The van der Waals surface area contributed by atoms with Crippen LogP contribution < -0.4 is 0 Å². The van der Waals surface area contributed by atoms with E-state index in [0.717, 1.165) is 19.4 Å². The summed E-state index contributed by atoms with van der Waals surface area (Å²) in [6.45, 7) is 14.0. The third-order valence-electron chi connectivity index (χ3n) is 6.15. The molecule has 0 saturated carbocycles. The zero-order valence-electron chi connectivity index (χ0n) is 15.2. The molecule has 0 amide bonds. The van der Waals surface area contributed by atoms with Crippen LogP contribution in [-0.2, 0) is 23.4 Å². The Morgan fingerprint density at radius 2 is 2.04 bits per heavy atom. The molecule has 3 rings (SSSR count). The lowest BCUT2D eigenvalue weighted by molar-refractivity contribution is -0.216. The van der Waals surface area contributed by atoms with E-state index < -0.39 is 19.5 Å². The van der Waals surface area contributed by atoms with Crippen molar-refractivity contribution >= 4 is 14.3 Å². The second-order valence-corrected chi connectivity index (χ2v) is 13.8. The Kier molecular flexibility index (Phi) is 3.99. The first kappa shape index (κ1) is 17.4. The van der Waals surface area contributed by atoms with E-state index in [9.17, 15) is 4.79 Å². The van der Waals surface area contributed by atoms with Gasteiger partial charge in [0.15, 0.2) is 14.1 Å². The number of hydrogen-bond acceptors (Lipinski definition) is 5. The van der Waals surface area contributed by atoms with Crippen molar-refractivity contribution in [3.8, 4) is 0 Å². The normalized spacial score (nSPS) is 40.7. The molecule has 3 aliphatic heterocycles. The molecule has 0 radical (unpaired) electrons. The van der Waals surface area contributed by atoms with Crippen molar-refractivity contribution in [2.45, 2.75) is 83.1 Å². The molecule has 4 atom stereocenters. The molecule has 5 nitrogen and oxygen atoms in total. The molecule has 23 heavy (non-hydrogen) atoms. The van der Waals surface area contributed by atoms with Gasteiger partial charge in [-0.15, -0.1) is 0 Å². The van der Waals surface area contributed by atoms with Gasteiger partial charge in [-0.1, -0.05) is 20.8 Å². The Hall–Kier alpha value is -0.433. The van der Waals surface area contributed by atoms with E-state index in [1.54, 1.807) is 0 Å². The lowest BCUT2D eigenvalue weighted by Gasteiger charge is -2.39. The summed E-state index contributed by atoms with van der Waals surface area (Å²) in [5.41, 5.74) is -0.740. The van der Waals surface area contributed by atoms with Gasteiger partial charge in [0.05, 0.1) is 13.2 Å². The largest absolute Gasteiger partial charge is 0.459 e. The van der Waals surface area contributed by atoms with Crippen molar-refractivity contribution in [1.82, 2.24) is 0 Å². The molecule has 0 aliphatic carbocycles. The number of esters is 1. The number of rotatable bonds is 3. The van der Waals surface area contributed by atoms with Gasteiger partial charge in [-0.05, 0) is 31.5 Å². The van der Waals surface area contributed by atoms with Crippen LogP contribution in [0.3, 0.4) is 0 Å². The summed E-state index contributed by atoms with van der Waals surface area (Å²) in [7, 11) is -1.93. The fraction of sp³-hybridized carbons (Fsp3) is 0.941. The molecule has 0 unspecified atom stereocenters. The van der Waals surface area contributed by atoms with Crippen LogP contribution in [0, 0.1) is 5.41 Å². The second-order valence-electron chi connectivity index (χ2n) is 9.02. The number of carbonyl (C=O) groups excluding carboxylic acids is 1. The smallest absolute Gasteiger partial charge is 0.317 e. The first-order chi connectivity index (χ1) is 10.5. The Morgan fingerprint density at radius 1 is 1.35 bits per heavy atom. The van der Waals surface area contributed by atoms with E-state index in [-0.39, 0.29) is 23.2 Å². The fourth-order valence-electron chi connectivity index (χ4n) is 3.41. The quantitative estimate of drug-likeness (QED) is 0.582. The average Bonchev–Trinajstić information content (AvgIpc) is 3.08. The predicted molar refractivity (Wildman–Crippen MR) is 88.5 cm³/mol. The van der Waals surface area contributed by atoms with E-state index >= 15 is 0 Å². The van der Waals surface area contributed by atoms with Crippen LogP contribution in [0.1, 0.15) is 47.0 Å². The van der Waals surface area contributed by atoms with Crippen molar-refractivity contribution in [3.05, 3.63) is 0 Å². The van der Waals surface area contributed by atoms with E-state index in [1.807, 2.05) is 6.92 Å². The maximum atomic E-state index is 12.5. The van der Waals surface area contributed by atoms with E-state index in [0.29, 0.717) is 13.0 Å². The lowest BCUT2D eigenvalue weighted by atomic mass is 9.85. The topological polar surface area (TPSA) is 54.0 Å².